The van der Waals surface area contributed by atoms with Gasteiger partial charge in [0.25, 0.3) is 0 Å². The summed E-state index contributed by atoms with van der Waals surface area (Å²) < 4.78 is 5.57. The maximum atomic E-state index is 5.57. The highest BCUT2D eigenvalue weighted by molar-refractivity contribution is 5.28. The van der Waals surface area contributed by atoms with Crippen molar-refractivity contribution in [2.45, 2.75) is 26.5 Å². The number of hydrogen-bond donors (Lipinski definition) is 1. The molecule has 0 radical (unpaired) electrons. The van der Waals surface area contributed by atoms with Crippen LogP contribution in [-0.2, 0) is 6.54 Å². The molecule has 0 fully saturated rings. The zero-order valence-corrected chi connectivity index (χ0v) is 8.50. The third-order valence-corrected chi connectivity index (χ3v) is 1.65. The Bertz CT molecular complexity index is 258. The van der Waals surface area contributed by atoms with E-state index < -0.39 is 0 Å². The highest BCUT2D eigenvalue weighted by Crippen LogP contribution is 2.14. The van der Waals surface area contributed by atoms with Crippen molar-refractivity contribution in [3.63, 3.8) is 0 Å². The number of hydrogen-bond acceptors (Lipinski definition) is 2. The minimum Gasteiger partial charge on any atom is -0.491 e. The van der Waals surface area contributed by atoms with Crippen molar-refractivity contribution in [3.8, 4) is 5.75 Å². The average molecular weight is 179 g/mol. The first-order valence-electron chi connectivity index (χ1n) is 4.62. The molecule has 0 aliphatic carbocycles. The van der Waals surface area contributed by atoms with E-state index in [1.54, 1.807) is 0 Å². The van der Waals surface area contributed by atoms with Gasteiger partial charge in [0, 0.05) is 6.54 Å². The molecule has 13 heavy (non-hydrogen) atoms. The van der Waals surface area contributed by atoms with Crippen LogP contribution in [-0.4, -0.2) is 13.2 Å². The lowest BCUT2D eigenvalue weighted by molar-refractivity contribution is 0.242. The minimum absolute atomic E-state index is 0.241. The molecule has 72 valence electrons. The number of benzene rings is 1. The van der Waals surface area contributed by atoms with Crippen molar-refractivity contribution in [2.75, 3.05) is 7.05 Å². The molecular weight excluding hydrogens is 162 g/mol. The van der Waals surface area contributed by atoms with Gasteiger partial charge in [-0.15, -0.1) is 0 Å². The Morgan fingerprint density at radius 3 is 2.77 bits per heavy atom. The van der Waals surface area contributed by atoms with E-state index >= 15 is 0 Å². The molecule has 0 amide bonds. The van der Waals surface area contributed by atoms with E-state index in [0.29, 0.717) is 0 Å². The van der Waals surface area contributed by atoms with Crippen LogP contribution < -0.4 is 10.1 Å². The summed E-state index contributed by atoms with van der Waals surface area (Å²) >= 11 is 0. The summed E-state index contributed by atoms with van der Waals surface area (Å²) in [5, 5.41) is 3.11. The predicted octanol–water partition coefficient (Wildman–Crippen LogP) is 2.19. The van der Waals surface area contributed by atoms with Crippen LogP contribution in [0.3, 0.4) is 0 Å². The highest BCUT2D eigenvalue weighted by atomic mass is 16.5. The Hall–Kier alpha value is -1.02. The lowest BCUT2D eigenvalue weighted by Crippen LogP contribution is -2.07. The van der Waals surface area contributed by atoms with Crippen LogP contribution in [0.15, 0.2) is 24.3 Å². The maximum absolute atomic E-state index is 5.57. The summed E-state index contributed by atoms with van der Waals surface area (Å²) in [6.07, 6.45) is 0.241. The lowest BCUT2D eigenvalue weighted by Gasteiger charge is -2.10. The molecule has 0 spiro atoms. The second kappa shape index (κ2) is 4.87. The monoisotopic (exact) mass is 179 g/mol. The Labute approximate surface area is 79.9 Å². The van der Waals surface area contributed by atoms with E-state index in [1.165, 1.54) is 5.56 Å². The molecule has 1 aromatic carbocycles. The molecule has 0 saturated heterocycles. The molecule has 2 nitrogen and oxygen atoms in total. The lowest BCUT2D eigenvalue weighted by atomic mass is 10.2. The first kappa shape index (κ1) is 10.1. The second-order valence-electron chi connectivity index (χ2n) is 3.34. The molecule has 1 rings (SSSR count). The zero-order valence-electron chi connectivity index (χ0n) is 8.50. The summed E-state index contributed by atoms with van der Waals surface area (Å²) in [6, 6.07) is 8.16. The summed E-state index contributed by atoms with van der Waals surface area (Å²) in [7, 11) is 1.94. The molecule has 0 heterocycles. The molecule has 0 aromatic heterocycles. The first-order chi connectivity index (χ1) is 6.22. The first-order valence-corrected chi connectivity index (χ1v) is 4.62. The maximum Gasteiger partial charge on any atom is 0.120 e. The van der Waals surface area contributed by atoms with Gasteiger partial charge in [-0.25, -0.2) is 0 Å². The van der Waals surface area contributed by atoms with E-state index in [4.69, 9.17) is 4.74 Å². The molecule has 1 aromatic rings. The van der Waals surface area contributed by atoms with Gasteiger partial charge in [0.2, 0.25) is 0 Å². The highest BCUT2D eigenvalue weighted by Gasteiger charge is 1.97. The smallest absolute Gasteiger partial charge is 0.120 e. The standard InChI is InChI=1S/C11H17NO/c1-9(2)13-11-6-4-5-10(7-11)8-12-3/h4-7,9,12H,8H2,1-3H3. The SMILES string of the molecule is CNCc1cccc(OC(C)C)c1. The second-order valence-corrected chi connectivity index (χ2v) is 3.34. The van der Waals surface area contributed by atoms with Gasteiger partial charge in [-0.2, -0.15) is 0 Å². The van der Waals surface area contributed by atoms with Gasteiger partial charge < -0.3 is 10.1 Å². The molecule has 2 heteroatoms. The number of nitrogens with one attached hydrogen (secondary N) is 1. The molecule has 0 aliphatic rings. The van der Waals surface area contributed by atoms with Crippen LogP contribution >= 0.6 is 0 Å². The van der Waals surface area contributed by atoms with Crippen molar-refractivity contribution in [1.82, 2.24) is 5.32 Å². The Kier molecular flexibility index (Phi) is 3.77. The van der Waals surface area contributed by atoms with Crippen molar-refractivity contribution in [1.29, 1.82) is 0 Å². The van der Waals surface area contributed by atoms with Gasteiger partial charge in [0.05, 0.1) is 6.10 Å². The summed E-state index contributed by atoms with van der Waals surface area (Å²) in [6.45, 7) is 4.95. The van der Waals surface area contributed by atoms with Crippen LogP contribution in [0.2, 0.25) is 0 Å². The van der Waals surface area contributed by atoms with Gasteiger partial charge in [-0.3, -0.25) is 0 Å². The minimum atomic E-state index is 0.241. The fourth-order valence-corrected chi connectivity index (χ4v) is 1.21. The average Bonchev–Trinajstić information content (AvgIpc) is 2.04. The third-order valence-electron chi connectivity index (χ3n) is 1.65. The van der Waals surface area contributed by atoms with E-state index in [2.05, 4.69) is 17.4 Å². The summed E-state index contributed by atoms with van der Waals surface area (Å²) in [5.74, 6) is 0.947. The fraction of sp³-hybridized carbons (Fsp3) is 0.455. The van der Waals surface area contributed by atoms with Gasteiger partial charge >= 0.3 is 0 Å². The van der Waals surface area contributed by atoms with Gasteiger partial charge in [-0.1, -0.05) is 12.1 Å². The predicted molar refractivity (Wildman–Crippen MR) is 55.0 cm³/mol. The van der Waals surface area contributed by atoms with Crippen molar-refractivity contribution < 1.29 is 4.74 Å². The molecular formula is C11H17NO. The molecule has 0 unspecified atom stereocenters. The Balaban J connectivity index is 2.67. The van der Waals surface area contributed by atoms with Crippen LogP contribution in [0.5, 0.6) is 5.75 Å². The topological polar surface area (TPSA) is 21.3 Å². The van der Waals surface area contributed by atoms with Gasteiger partial charge in [0.15, 0.2) is 0 Å². The Morgan fingerprint density at radius 1 is 1.38 bits per heavy atom. The van der Waals surface area contributed by atoms with Crippen LogP contribution in [0.4, 0.5) is 0 Å². The summed E-state index contributed by atoms with van der Waals surface area (Å²) in [5.41, 5.74) is 1.25. The summed E-state index contributed by atoms with van der Waals surface area (Å²) in [4.78, 5) is 0. The molecule has 0 atom stereocenters. The Morgan fingerprint density at radius 2 is 2.15 bits per heavy atom. The molecule has 0 saturated carbocycles. The van der Waals surface area contributed by atoms with E-state index in [1.807, 2.05) is 33.0 Å². The fourth-order valence-electron chi connectivity index (χ4n) is 1.21. The van der Waals surface area contributed by atoms with Gasteiger partial charge in [-0.05, 0) is 38.6 Å². The molecule has 1 N–H and O–H groups in total. The zero-order chi connectivity index (χ0) is 9.68. The number of rotatable bonds is 4. The normalized spacial score (nSPS) is 10.5. The van der Waals surface area contributed by atoms with Crippen LogP contribution in [0.1, 0.15) is 19.4 Å². The van der Waals surface area contributed by atoms with Crippen molar-refractivity contribution >= 4 is 0 Å². The van der Waals surface area contributed by atoms with E-state index in [0.717, 1.165) is 12.3 Å². The van der Waals surface area contributed by atoms with Crippen molar-refractivity contribution in [3.05, 3.63) is 29.8 Å². The largest absolute Gasteiger partial charge is 0.491 e. The molecule has 0 aliphatic heterocycles. The van der Waals surface area contributed by atoms with E-state index in [-0.39, 0.29) is 6.10 Å². The van der Waals surface area contributed by atoms with Crippen LogP contribution in [0.25, 0.3) is 0 Å². The van der Waals surface area contributed by atoms with Crippen LogP contribution in [0, 0.1) is 0 Å². The molecule has 0 bridgehead atoms. The number of ether oxygens (including phenoxy) is 1. The third kappa shape index (κ3) is 3.47. The van der Waals surface area contributed by atoms with Gasteiger partial charge in [0.1, 0.15) is 5.75 Å². The quantitative estimate of drug-likeness (QED) is 0.765. The van der Waals surface area contributed by atoms with E-state index in [9.17, 15) is 0 Å². The van der Waals surface area contributed by atoms with Crippen molar-refractivity contribution in [2.24, 2.45) is 0 Å².